The van der Waals surface area contributed by atoms with Gasteiger partial charge in [-0.2, -0.15) is 4.98 Å². The molecule has 2 aromatic rings. The molecule has 0 atom stereocenters. The fourth-order valence-electron chi connectivity index (χ4n) is 1.53. The highest BCUT2D eigenvalue weighted by molar-refractivity contribution is 5.68. The maximum atomic E-state index is 11.4. The lowest BCUT2D eigenvalue weighted by Crippen LogP contribution is -2.14. The summed E-state index contributed by atoms with van der Waals surface area (Å²) >= 11 is 0. The number of aromatic hydroxyl groups is 3. The highest BCUT2D eigenvalue weighted by Crippen LogP contribution is 2.25. The molecule has 1 heterocycles. The molecule has 1 aromatic heterocycles. The van der Waals surface area contributed by atoms with Gasteiger partial charge < -0.3 is 20.3 Å². The molecule has 0 spiro atoms. The minimum absolute atomic E-state index is 0.101. The van der Waals surface area contributed by atoms with Crippen LogP contribution >= 0.6 is 0 Å². The molecule has 0 unspecified atom stereocenters. The average Bonchev–Trinajstić information content (AvgIpc) is 2.39. The first-order valence-electron chi connectivity index (χ1n) is 5.56. The Bertz CT molecular complexity index is 796. The predicted octanol–water partition coefficient (Wildman–Crippen LogP) is 0.965. The SMILES string of the molecule is O=c1[nH]c(/C=C\c2ccc(O)c(O)c2)nc(O)c1[N+](=O)[O-]. The van der Waals surface area contributed by atoms with Crippen LogP contribution in [0.1, 0.15) is 11.4 Å². The van der Waals surface area contributed by atoms with Crippen LogP contribution in [-0.4, -0.2) is 30.2 Å². The van der Waals surface area contributed by atoms with Gasteiger partial charge in [0.2, 0.25) is 0 Å². The van der Waals surface area contributed by atoms with Crippen LogP contribution in [0.15, 0.2) is 23.0 Å². The molecule has 4 N–H and O–H groups in total. The number of phenols is 2. The molecule has 1 aromatic carbocycles. The summed E-state index contributed by atoms with van der Waals surface area (Å²) in [6.45, 7) is 0. The predicted molar refractivity (Wildman–Crippen MR) is 71.9 cm³/mol. The average molecular weight is 291 g/mol. The molecule has 0 aliphatic carbocycles. The maximum absolute atomic E-state index is 11.4. The van der Waals surface area contributed by atoms with E-state index in [0.717, 1.165) is 0 Å². The van der Waals surface area contributed by atoms with Gasteiger partial charge in [0.05, 0.1) is 4.92 Å². The Kier molecular flexibility index (Phi) is 3.57. The van der Waals surface area contributed by atoms with E-state index in [1.54, 1.807) is 0 Å². The van der Waals surface area contributed by atoms with Crippen molar-refractivity contribution in [3.63, 3.8) is 0 Å². The third-order valence-electron chi connectivity index (χ3n) is 2.51. The third-order valence-corrected chi connectivity index (χ3v) is 2.51. The van der Waals surface area contributed by atoms with Crippen molar-refractivity contribution in [3.8, 4) is 17.4 Å². The van der Waals surface area contributed by atoms with Crippen LogP contribution in [0, 0.1) is 10.1 Å². The molecule has 0 aliphatic rings. The maximum Gasteiger partial charge on any atom is 0.395 e. The van der Waals surface area contributed by atoms with Gasteiger partial charge in [-0.15, -0.1) is 0 Å². The number of hydrogen-bond donors (Lipinski definition) is 4. The monoisotopic (exact) mass is 291 g/mol. The number of aromatic amines is 1. The van der Waals surface area contributed by atoms with Gasteiger partial charge in [-0.05, 0) is 23.8 Å². The lowest BCUT2D eigenvalue weighted by molar-refractivity contribution is -0.387. The fraction of sp³-hybridized carbons (Fsp3) is 0. The van der Waals surface area contributed by atoms with E-state index in [1.807, 2.05) is 0 Å². The van der Waals surface area contributed by atoms with Crippen molar-refractivity contribution in [3.05, 3.63) is 50.1 Å². The van der Waals surface area contributed by atoms with Gasteiger partial charge in [0.25, 0.3) is 5.88 Å². The van der Waals surface area contributed by atoms with Gasteiger partial charge in [0.1, 0.15) is 5.82 Å². The van der Waals surface area contributed by atoms with Crippen LogP contribution in [0.25, 0.3) is 12.2 Å². The number of rotatable bonds is 3. The van der Waals surface area contributed by atoms with E-state index in [1.165, 1.54) is 30.4 Å². The summed E-state index contributed by atoms with van der Waals surface area (Å²) in [5.74, 6) is -1.70. The molecule has 9 nitrogen and oxygen atoms in total. The van der Waals surface area contributed by atoms with Gasteiger partial charge in [-0.25, -0.2) is 0 Å². The second kappa shape index (κ2) is 5.33. The lowest BCUT2D eigenvalue weighted by atomic mass is 10.2. The minimum atomic E-state index is -1.08. The minimum Gasteiger partial charge on any atom is -0.504 e. The molecular weight excluding hydrogens is 282 g/mol. The van der Waals surface area contributed by atoms with Crippen molar-refractivity contribution >= 4 is 17.8 Å². The number of hydrogen-bond acceptors (Lipinski definition) is 7. The zero-order valence-electron chi connectivity index (χ0n) is 10.3. The molecule has 0 aliphatic heterocycles. The Balaban J connectivity index is 2.35. The van der Waals surface area contributed by atoms with Gasteiger partial charge in [0.15, 0.2) is 11.5 Å². The molecule has 0 amide bonds. The highest BCUT2D eigenvalue weighted by atomic mass is 16.6. The van der Waals surface area contributed by atoms with E-state index in [-0.39, 0.29) is 17.3 Å². The van der Waals surface area contributed by atoms with Crippen LogP contribution in [0.5, 0.6) is 17.4 Å². The van der Waals surface area contributed by atoms with Crippen LogP contribution in [0.3, 0.4) is 0 Å². The topological polar surface area (TPSA) is 150 Å². The normalized spacial score (nSPS) is 10.9. The van der Waals surface area contributed by atoms with E-state index in [0.29, 0.717) is 5.56 Å². The Hall–Kier alpha value is -3.36. The molecule has 0 saturated carbocycles. The zero-order chi connectivity index (χ0) is 15.6. The standard InChI is InChI=1S/C12H9N3O6/c16-7-3-1-6(5-8(7)17)2-4-9-13-11(18)10(15(20)21)12(19)14-9/h1-5,16-17H,(H2,13,14,18,19)/b4-2-. The number of phenolic OH excluding ortho intramolecular Hbond substituents is 2. The molecule has 9 heteroatoms. The van der Waals surface area contributed by atoms with Crippen LogP contribution in [-0.2, 0) is 0 Å². The summed E-state index contributed by atoms with van der Waals surface area (Å²) < 4.78 is 0. The Morgan fingerprint density at radius 2 is 1.90 bits per heavy atom. The van der Waals surface area contributed by atoms with Crippen molar-refractivity contribution in [2.45, 2.75) is 0 Å². The summed E-state index contributed by atoms with van der Waals surface area (Å²) in [4.78, 5) is 26.5. The number of nitrogens with one attached hydrogen (secondary N) is 1. The second-order valence-electron chi connectivity index (χ2n) is 3.96. The van der Waals surface area contributed by atoms with Crippen molar-refractivity contribution in [1.82, 2.24) is 9.97 Å². The quantitative estimate of drug-likeness (QED) is 0.373. The highest BCUT2D eigenvalue weighted by Gasteiger charge is 2.21. The van der Waals surface area contributed by atoms with Crippen LogP contribution < -0.4 is 5.56 Å². The fourth-order valence-corrected chi connectivity index (χ4v) is 1.53. The van der Waals surface area contributed by atoms with Crippen molar-refractivity contribution in [2.75, 3.05) is 0 Å². The Labute approximate surface area is 116 Å². The Morgan fingerprint density at radius 3 is 2.48 bits per heavy atom. The van der Waals surface area contributed by atoms with E-state index >= 15 is 0 Å². The van der Waals surface area contributed by atoms with Gasteiger partial charge in [-0.3, -0.25) is 14.9 Å². The third kappa shape index (κ3) is 2.97. The smallest absolute Gasteiger partial charge is 0.395 e. The molecule has 108 valence electrons. The molecule has 0 bridgehead atoms. The van der Waals surface area contributed by atoms with Gasteiger partial charge >= 0.3 is 11.2 Å². The van der Waals surface area contributed by atoms with E-state index in [4.69, 9.17) is 5.11 Å². The van der Waals surface area contributed by atoms with Crippen molar-refractivity contribution in [2.24, 2.45) is 0 Å². The van der Waals surface area contributed by atoms with Crippen molar-refractivity contribution in [1.29, 1.82) is 0 Å². The van der Waals surface area contributed by atoms with E-state index < -0.39 is 22.0 Å². The Morgan fingerprint density at radius 1 is 1.19 bits per heavy atom. The molecule has 21 heavy (non-hydrogen) atoms. The number of aromatic nitrogens is 2. The summed E-state index contributed by atoms with van der Waals surface area (Å²) in [5, 5.41) is 38.3. The lowest BCUT2D eigenvalue weighted by Gasteiger charge is -1.99. The summed E-state index contributed by atoms with van der Waals surface area (Å²) in [6, 6.07) is 4.00. The molecule has 0 radical (unpaired) electrons. The number of H-pyrrole nitrogens is 1. The first-order chi connectivity index (χ1) is 9.88. The first kappa shape index (κ1) is 14.1. The zero-order valence-corrected chi connectivity index (χ0v) is 10.3. The molecule has 0 fully saturated rings. The summed E-state index contributed by atoms with van der Waals surface area (Å²) in [5.41, 5.74) is -1.64. The van der Waals surface area contributed by atoms with Crippen LogP contribution in [0.4, 0.5) is 5.69 Å². The van der Waals surface area contributed by atoms with Crippen LogP contribution in [0.2, 0.25) is 0 Å². The molecular formula is C12H9N3O6. The van der Waals surface area contributed by atoms with Crippen molar-refractivity contribution < 1.29 is 20.2 Å². The number of benzene rings is 1. The summed E-state index contributed by atoms with van der Waals surface area (Å²) in [7, 11) is 0. The second-order valence-corrected chi connectivity index (χ2v) is 3.96. The first-order valence-corrected chi connectivity index (χ1v) is 5.56. The van der Waals surface area contributed by atoms with Gasteiger partial charge in [0, 0.05) is 0 Å². The van der Waals surface area contributed by atoms with E-state index in [2.05, 4.69) is 9.97 Å². The molecule has 0 saturated heterocycles. The molecule has 2 rings (SSSR count). The van der Waals surface area contributed by atoms with Gasteiger partial charge in [-0.1, -0.05) is 12.1 Å². The van der Waals surface area contributed by atoms with E-state index in [9.17, 15) is 25.1 Å². The number of nitro groups is 1. The summed E-state index contributed by atoms with van der Waals surface area (Å²) in [6.07, 6.45) is 2.69. The largest absolute Gasteiger partial charge is 0.504 e. The number of nitrogens with zero attached hydrogens (tertiary/aromatic N) is 2.